The van der Waals surface area contributed by atoms with Crippen molar-refractivity contribution < 1.29 is 22.5 Å². The molecule has 7 nitrogen and oxygen atoms in total. The van der Waals surface area contributed by atoms with Gasteiger partial charge in [-0.3, -0.25) is 14.7 Å². The Morgan fingerprint density at radius 2 is 1.87 bits per heavy atom. The topological polar surface area (TPSA) is 74.5 Å². The van der Waals surface area contributed by atoms with Crippen molar-refractivity contribution in [2.24, 2.45) is 0 Å². The van der Waals surface area contributed by atoms with E-state index < -0.39 is 17.6 Å². The minimum atomic E-state index is -4.52. The van der Waals surface area contributed by atoms with Crippen molar-refractivity contribution in [1.82, 2.24) is 15.0 Å². The summed E-state index contributed by atoms with van der Waals surface area (Å²) >= 11 is 0. The van der Waals surface area contributed by atoms with Gasteiger partial charge in [0.1, 0.15) is 5.69 Å². The molecule has 1 fully saturated rings. The van der Waals surface area contributed by atoms with Crippen molar-refractivity contribution in [2.45, 2.75) is 12.7 Å². The SMILES string of the molecule is O=C(Nc1cc(C(F)(F)F)ccc1N1CCN(Cc2ccno2)CC1)c1ccccn1. The van der Waals surface area contributed by atoms with Crippen LogP contribution in [0, 0.1) is 0 Å². The molecule has 1 aliphatic rings. The number of nitrogens with zero attached hydrogens (tertiary/aromatic N) is 4. The number of anilines is 2. The molecule has 1 N–H and O–H groups in total. The third-order valence-electron chi connectivity index (χ3n) is 5.05. The third-order valence-corrected chi connectivity index (χ3v) is 5.05. The second kappa shape index (κ2) is 8.76. The summed E-state index contributed by atoms with van der Waals surface area (Å²) < 4.78 is 45.0. The van der Waals surface area contributed by atoms with E-state index in [1.165, 1.54) is 18.3 Å². The zero-order valence-electron chi connectivity index (χ0n) is 16.5. The van der Waals surface area contributed by atoms with E-state index in [2.05, 4.69) is 20.4 Å². The summed E-state index contributed by atoms with van der Waals surface area (Å²) in [6.07, 6.45) is -1.47. The molecule has 0 unspecified atom stereocenters. The van der Waals surface area contributed by atoms with Crippen LogP contribution in [-0.4, -0.2) is 47.1 Å². The molecule has 10 heteroatoms. The quantitative estimate of drug-likeness (QED) is 0.665. The number of halogens is 3. The Bertz CT molecular complexity index is 1020. The molecule has 31 heavy (non-hydrogen) atoms. The predicted octanol–water partition coefficient (Wildman–Crippen LogP) is 3.66. The summed E-state index contributed by atoms with van der Waals surface area (Å²) in [5.41, 5.74) is -0.0509. The summed E-state index contributed by atoms with van der Waals surface area (Å²) in [6, 6.07) is 10.0. The minimum absolute atomic E-state index is 0.106. The molecule has 2 aromatic heterocycles. The van der Waals surface area contributed by atoms with Crippen molar-refractivity contribution in [3.8, 4) is 0 Å². The predicted molar refractivity (Wildman–Crippen MR) is 108 cm³/mol. The number of hydrogen-bond acceptors (Lipinski definition) is 6. The van der Waals surface area contributed by atoms with Crippen molar-refractivity contribution in [3.05, 3.63) is 71.9 Å². The molecule has 3 aromatic rings. The summed E-state index contributed by atoms with van der Waals surface area (Å²) in [7, 11) is 0. The van der Waals surface area contributed by atoms with E-state index >= 15 is 0 Å². The molecular weight excluding hydrogens is 411 g/mol. The van der Waals surface area contributed by atoms with Gasteiger partial charge < -0.3 is 14.7 Å². The normalized spacial score (nSPS) is 15.1. The van der Waals surface area contributed by atoms with Crippen molar-refractivity contribution in [1.29, 1.82) is 0 Å². The van der Waals surface area contributed by atoms with Gasteiger partial charge in [0, 0.05) is 38.4 Å². The Hall–Kier alpha value is -3.40. The third kappa shape index (κ3) is 5.02. The zero-order chi connectivity index (χ0) is 21.8. The molecule has 0 bridgehead atoms. The Morgan fingerprint density at radius 3 is 2.52 bits per heavy atom. The van der Waals surface area contributed by atoms with Crippen LogP contribution in [0.3, 0.4) is 0 Å². The largest absolute Gasteiger partial charge is 0.416 e. The van der Waals surface area contributed by atoms with E-state index in [-0.39, 0.29) is 11.4 Å². The lowest BCUT2D eigenvalue weighted by molar-refractivity contribution is -0.137. The molecule has 1 aromatic carbocycles. The van der Waals surface area contributed by atoms with Gasteiger partial charge in [-0.1, -0.05) is 11.2 Å². The van der Waals surface area contributed by atoms with Gasteiger partial charge in [0.15, 0.2) is 5.76 Å². The number of benzene rings is 1. The zero-order valence-corrected chi connectivity index (χ0v) is 16.5. The van der Waals surface area contributed by atoms with Crippen molar-refractivity contribution in [2.75, 3.05) is 36.4 Å². The highest BCUT2D eigenvalue weighted by atomic mass is 19.4. The molecule has 0 aliphatic carbocycles. The van der Waals surface area contributed by atoms with E-state index in [9.17, 15) is 18.0 Å². The molecular formula is C21H20F3N5O2. The first kappa shape index (κ1) is 20.9. The van der Waals surface area contributed by atoms with Crippen LogP contribution in [0.2, 0.25) is 0 Å². The maximum atomic E-state index is 13.3. The molecule has 1 amide bonds. The van der Waals surface area contributed by atoms with E-state index in [1.807, 2.05) is 4.90 Å². The number of piperazine rings is 1. The monoisotopic (exact) mass is 431 g/mol. The number of hydrogen-bond donors (Lipinski definition) is 1. The summed E-state index contributed by atoms with van der Waals surface area (Å²) in [5, 5.41) is 6.30. The number of alkyl halides is 3. The minimum Gasteiger partial charge on any atom is -0.367 e. The van der Waals surface area contributed by atoms with E-state index in [0.717, 1.165) is 17.9 Å². The van der Waals surface area contributed by atoms with Crippen LogP contribution < -0.4 is 10.2 Å². The van der Waals surface area contributed by atoms with Gasteiger partial charge in [-0.05, 0) is 30.3 Å². The Kier molecular flexibility index (Phi) is 5.90. The summed E-state index contributed by atoms with van der Waals surface area (Å²) in [4.78, 5) is 20.6. The molecule has 0 saturated carbocycles. The lowest BCUT2D eigenvalue weighted by Gasteiger charge is -2.36. The number of carbonyl (C=O) groups excluding carboxylic acids is 1. The maximum absolute atomic E-state index is 13.3. The van der Waals surface area contributed by atoms with Gasteiger partial charge in [0.25, 0.3) is 5.91 Å². The smallest absolute Gasteiger partial charge is 0.367 e. The number of carbonyl (C=O) groups is 1. The molecule has 1 aliphatic heterocycles. The highest BCUT2D eigenvalue weighted by molar-refractivity contribution is 6.04. The molecule has 162 valence electrons. The van der Waals surface area contributed by atoms with Crippen LogP contribution in [0.15, 0.2) is 59.4 Å². The lowest BCUT2D eigenvalue weighted by Crippen LogP contribution is -2.46. The Labute approximate surface area is 176 Å². The number of pyridine rings is 1. The molecule has 0 spiro atoms. The summed E-state index contributed by atoms with van der Waals surface area (Å²) in [6.45, 7) is 3.17. The van der Waals surface area contributed by atoms with E-state index in [4.69, 9.17) is 4.52 Å². The van der Waals surface area contributed by atoms with Gasteiger partial charge >= 0.3 is 6.18 Å². The second-order valence-corrected chi connectivity index (χ2v) is 7.14. The van der Waals surface area contributed by atoms with Gasteiger partial charge in [-0.15, -0.1) is 0 Å². The first-order valence-corrected chi connectivity index (χ1v) is 9.70. The van der Waals surface area contributed by atoms with Crippen molar-refractivity contribution in [3.63, 3.8) is 0 Å². The average molecular weight is 431 g/mol. The highest BCUT2D eigenvalue weighted by Gasteiger charge is 2.32. The van der Waals surface area contributed by atoms with Gasteiger partial charge in [0.2, 0.25) is 0 Å². The first-order chi connectivity index (χ1) is 14.9. The number of nitrogens with one attached hydrogen (secondary N) is 1. The maximum Gasteiger partial charge on any atom is 0.416 e. The van der Waals surface area contributed by atoms with Crippen LogP contribution >= 0.6 is 0 Å². The highest BCUT2D eigenvalue weighted by Crippen LogP contribution is 2.36. The van der Waals surface area contributed by atoms with Crippen LogP contribution in [-0.2, 0) is 12.7 Å². The fourth-order valence-electron chi connectivity index (χ4n) is 3.46. The standard InChI is InChI=1S/C21H20F3N5O2/c22-21(23,24)15-4-5-19(18(13-15)27-20(30)17-3-1-2-7-25-17)29-11-9-28(10-12-29)14-16-6-8-26-31-16/h1-8,13H,9-12,14H2,(H,27,30). The number of rotatable bonds is 5. The second-order valence-electron chi connectivity index (χ2n) is 7.14. The van der Waals surface area contributed by atoms with Crippen molar-refractivity contribution >= 4 is 17.3 Å². The lowest BCUT2D eigenvalue weighted by atomic mass is 10.1. The summed E-state index contributed by atoms with van der Waals surface area (Å²) in [5.74, 6) is 0.191. The van der Waals surface area contributed by atoms with Gasteiger partial charge in [0.05, 0.1) is 29.7 Å². The van der Waals surface area contributed by atoms with Crippen LogP contribution in [0.25, 0.3) is 0 Å². The number of amides is 1. The van der Waals surface area contributed by atoms with Gasteiger partial charge in [-0.25, -0.2) is 0 Å². The average Bonchev–Trinajstić information content (AvgIpc) is 3.27. The van der Waals surface area contributed by atoms with E-state index in [0.29, 0.717) is 38.4 Å². The van der Waals surface area contributed by atoms with Gasteiger partial charge in [-0.2, -0.15) is 13.2 Å². The molecule has 4 rings (SSSR count). The van der Waals surface area contributed by atoms with Crippen LogP contribution in [0.4, 0.5) is 24.5 Å². The molecule has 0 radical (unpaired) electrons. The molecule has 0 atom stereocenters. The molecule has 3 heterocycles. The fourth-order valence-corrected chi connectivity index (χ4v) is 3.46. The van der Waals surface area contributed by atoms with E-state index in [1.54, 1.807) is 24.4 Å². The fraction of sp³-hybridized carbons (Fsp3) is 0.286. The molecule has 1 saturated heterocycles. The van der Waals surface area contributed by atoms with Crippen LogP contribution in [0.5, 0.6) is 0 Å². The Morgan fingerprint density at radius 1 is 1.06 bits per heavy atom. The Balaban J connectivity index is 1.53. The van der Waals surface area contributed by atoms with Crippen LogP contribution in [0.1, 0.15) is 21.8 Å². The number of aromatic nitrogens is 2. The first-order valence-electron chi connectivity index (χ1n) is 9.70.